The van der Waals surface area contributed by atoms with E-state index < -0.39 is 12.1 Å². The van der Waals surface area contributed by atoms with Gasteiger partial charge in [-0.1, -0.05) is 206 Å². The first-order valence-corrected chi connectivity index (χ1v) is 23.9. The molecule has 6 heteroatoms. The molecule has 0 aliphatic heterocycles. The van der Waals surface area contributed by atoms with Crippen LogP contribution < -0.4 is 5.32 Å². The Morgan fingerprint density at radius 3 is 1.35 bits per heavy atom. The van der Waals surface area contributed by atoms with Crippen molar-refractivity contribution in [2.45, 2.75) is 270 Å². The van der Waals surface area contributed by atoms with Gasteiger partial charge in [-0.2, -0.15) is 0 Å². The fourth-order valence-electron chi connectivity index (χ4n) is 7.34. The predicted molar refractivity (Wildman–Crippen MR) is 232 cm³/mol. The van der Waals surface area contributed by atoms with E-state index in [0.29, 0.717) is 25.9 Å². The molecule has 0 spiro atoms. The number of amides is 1. The number of carbonyl (C=O) groups is 2. The number of aliphatic hydroxyl groups is 2. The first-order chi connectivity index (χ1) is 26.5. The number of hydrogen-bond donors (Lipinski definition) is 3. The van der Waals surface area contributed by atoms with Crippen LogP contribution in [0.5, 0.6) is 0 Å². The molecule has 0 heterocycles. The molecule has 0 aromatic carbocycles. The van der Waals surface area contributed by atoms with Crippen LogP contribution in [0.2, 0.25) is 0 Å². The molecule has 0 bridgehead atoms. The molecule has 6 nitrogen and oxygen atoms in total. The molecule has 54 heavy (non-hydrogen) atoms. The normalized spacial score (nSPS) is 12.7. The zero-order valence-electron chi connectivity index (χ0n) is 36.2. The van der Waals surface area contributed by atoms with Crippen LogP contribution in [0.3, 0.4) is 0 Å². The zero-order chi connectivity index (χ0) is 39.4. The predicted octanol–water partition coefficient (Wildman–Crippen LogP) is 13.8. The van der Waals surface area contributed by atoms with Gasteiger partial charge in [0, 0.05) is 12.8 Å². The lowest BCUT2D eigenvalue weighted by Gasteiger charge is -2.22. The second-order valence-electron chi connectivity index (χ2n) is 16.4. The van der Waals surface area contributed by atoms with Crippen molar-refractivity contribution in [2.75, 3.05) is 13.2 Å². The molecule has 0 radical (unpaired) electrons. The average molecular weight is 764 g/mol. The summed E-state index contributed by atoms with van der Waals surface area (Å²) in [6.07, 6.45) is 48.9. The number of nitrogens with one attached hydrogen (secondary N) is 1. The SMILES string of the molecule is CCCCC/C=C\CCCCCCCC(=O)OCCCCCCCCCCCCCCCCCCC(=O)NC(CO)C(O)CCCCCCCCCCC. The van der Waals surface area contributed by atoms with Crippen molar-refractivity contribution < 1.29 is 24.5 Å². The van der Waals surface area contributed by atoms with Crippen molar-refractivity contribution in [3.8, 4) is 0 Å². The molecular weight excluding hydrogens is 671 g/mol. The summed E-state index contributed by atoms with van der Waals surface area (Å²) in [6, 6.07) is -0.543. The zero-order valence-corrected chi connectivity index (χ0v) is 36.2. The van der Waals surface area contributed by atoms with E-state index in [0.717, 1.165) is 44.9 Å². The van der Waals surface area contributed by atoms with Crippen LogP contribution in [0.15, 0.2) is 12.2 Å². The van der Waals surface area contributed by atoms with Crippen LogP contribution in [0.1, 0.15) is 258 Å². The maximum atomic E-state index is 12.4. The number of aliphatic hydroxyl groups excluding tert-OH is 2. The fraction of sp³-hybridized carbons (Fsp3) is 0.917. The Morgan fingerprint density at radius 2 is 0.870 bits per heavy atom. The first-order valence-electron chi connectivity index (χ1n) is 23.9. The molecule has 0 aliphatic carbocycles. The highest BCUT2D eigenvalue weighted by Gasteiger charge is 2.20. The number of ether oxygens (including phenoxy) is 1. The van der Waals surface area contributed by atoms with E-state index in [1.54, 1.807) is 0 Å². The molecule has 0 aromatic heterocycles. The molecule has 0 rings (SSSR count). The van der Waals surface area contributed by atoms with Crippen LogP contribution in [-0.4, -0.2) is 47.4 Å². The van der Waals surface area contributed by atoms with E-state index in [-0.39, 0.29) is 18.5 Å². The molecular formula is C48H93NO5. The van der Waals surface area contributed by atoms with Gasteiger partial charge in [-0.25, -0.2) is 0 Å². The fourth-order valence-corrected chi connectivity index (χ4v) is 7.34. The highest BCUT2D eigenvalue weighted by molar-refractivity contribution is 5.76. The van der Waals surface area contributed by atoms with E-state index in [2.05, 4.69) is 31.3 Å². The van der Waals surface area contributed by atoms with Crippen LogP contribution in [0, 0.1) is 0 Å². The van der Waals surface area contributed by atoms with Crippen LogP contribution in [0.4, 0.5) is 0 Å². The highest BCUT2D eigenvalue weighted by Crippen LogP contribution is 2.16. The van der Waals surface area contributed by atoms with Crippen molar-refractivity contribution in [1.29, 1.82) is 0 Å². The molecule has 320 valence electrons. The third-order valence-corrected chi connectivity index (χ3v) is 11.1. The summed E-state index contributed by atoms with van der Waals surface area (Å²) in [5.41, 5.74) is 0. The van der Waals surface area contributed by atoms with Gasteiger partial charge < -0.3 is 20.3 Å². The first kappa shape index (κ1) is 52.6. The summed E-state index contributed by atoms with van der Waals surface area (Å²) >= 11 is 0. The van der Waals surface area contributed by atoms with Crippen molar-refractivity contribution in [1.82, 2.24) is 5.32 Å². The molecule has 0 aliphatic rings. The minimum atomic E-state index is -0.665. The maximum Gasteiger partial charge on any atom is 0.305 e. The standard InChI is InChI=1S/C48H93NO5/c1-3-5-7-9-11-13-14-22-26-30-34-38-42-48(53)54-43-39-35-31-27-23-20-18-16-15-17-19-21-25-29-33-37-41-47(52)49-45(44-50)46(51)40-36-32-28-24-12-10-8-6-4-2/h11,13,45-46,50-51H,3-10,12,14-44H2,1-2H3,(H,49,52)/b13-11-. The van der Waals surface area contributed by atoms with Gasteiger partial charge in [0.25, 0.3) is 0 Å². The second kappa shape index (κ2) is 44.3. The lowest BCUT2D eigenvalue weighted by Crippen LogP contribution is -2.45. The van der Waals surface area contributed by atoms with Gasteiger partial charge in [0.15, 0.2) is 0 Å². The number of rotatable bonds is 44. The van der Waals surface area contributed by atoms with E-state index >= 15 is 0 Å². The van der Waals surface area contributed by atoms with Gasteiger partial charge in [0.05, 0.1) is 25.4 Å². The topological polar surface area (TPSA) is 95.9 Å². The van der Waals surface area contributed by atoms with Crippen molar-refractivity contribution in [2.24, 2.45) is 0 Å². The summed E-state index contributed by atoms with van der Waals surface area (Å²) < 4.78 is 5.44. The second-order valence-corrected chi connectivity index (χ2v) is 16.4. The van der Waals surface area contributed by atoms with Gasteiger partial charge in [0.1, 0.15) is 0 Å². The number of esters is 1. The van der Waals surface area contributed by atoms with Gasteiger partial charge in [-0.05, 0) is 51.4 Å². The molecule has 3 N–H and O–H groups in total. The van der Waals surface area contributed by atoms with Gasteiger partial charge in [-0.15, -0.1) is 0 Å². The molecule has 0 saturated heterocycles. The van der Waals surface area contributed by atoms with E-state index in [9.17, 15) is 19.8 Å². The number of hydrogen-bond acceptors (Lipinski definition) is 5. The smallest absolute Gasteiger partial charge is 0.305 e. The Balaban J connectivity index is 3.40. The minimum Gasteiger partial charge on any atom is -0.466 e. The number of unbranched alkanes of at least 4 members (excludes halogenated alkanes) is 31. The minimum absolute atomic E-state index is 0.00737. The van der Waals surface area contributed by atoms with Crippen molar-refractivity contribution in [3.63, 3.8) is 0 Å². The number of carbonyl (C=O) groups excluding carboxylic acids is 2. The Morgan fingerprint density at radius 1 is 0.500 bits per heavy atom. The van der Waals surface area contributed by atoms with Crippen molar-refractivity contribution in [3.05, 3.63) is 12.2 Å². The Bertz CT molecular complexity index is 802. The summed E-state index contributed by atoms with van der Waals surface area (Å²) in [7, 11) is 0. The Kier molecular flexibility index (Phi) is 43.2. The lowest BCUT2D eigenvalue weighted by molar-refractivity contribution is -0.143. The van der Waals surface area contributed by atoms with Crippen LogP contribution >= 0.6 is 0 Å². The Labute approximate surface area is 336 Å². The number of allylic oxidation sites excluding steroid dienone is 2. The third-order valence-electron chi connectivity index (χ3n) is 11.1. The van der Waals surface area contributed by atoms with E-state index in [1.165, 1.54) is 180 Å². The van der Waals surface area contributed by atoms with Gasteiger partial charge in [-0.3, -0.25) is 9.59 Å². The maximum absolute atomic E-state index is 12.4. The summed E-state index contributed by atoms with van der Waals surface area (Å²) in [5, 5.41) is 23.0. The summed E-state index contributed by atoms with van der Waals surface area (Å²) in [5.74, 6) is -0.0520. The van der Waals surface area contributed by atoms with E-state index in [1.807, 2.05) is 0 Å². The third kappa shape index (κ3) is 40.3. The average Bonchev–Trinajstić information content (AvgIpc) is 3.17. The molecule has 2 unspecified atom stereocenters. The highest BCUT2D eigenvalue weighted by atomic mass is 16.5. The molecule has 1 amide bonds. The molecule has 0 fully saturated rings. The monoisotopic (exact) mass is 764 g/mol. The lowest BCUT2D eigenvalue weighted by atomic mass is 10.0. The summed E-state index contributed by atoms with van der Waals surface area (Å²) in [4.78, 5) is 24.3. The van der Waals surface area contributed by atoms with Crippen LogP contribution in [0.25, 0.3) is 0 Å². The van der Waals surface area contributed by atoms with Crippen molar-refractivity contribution >= 4 is 11.9 Å². The molecule has 2 atom stereocenters. The van der Waals surface area contributed by atoms with E-state index in [4.69, 9.17) is 4.74 Å². The molecule has 0 aromatic rings. The quantitative estimate of drug-likeness (QED) is 0.0326. The largest absolute Gasteiger partial charge is 0.466 e. The van der Waals surface area contributed by atoms with Gasteiger partial charge in [0.2, 0.25) is 5.91 Å². The van der Waals surface area contributed by atoms with Crippen LogP contribution in [-0.2, 0) is 14.3 Å². The Hall–Kier alpha value is -1.40. The van der Waals surface area contributed by atoms with Gasteiger partial charge >= 0.3 is 5.97 Å². The summed E-state index contributed by atoms with van der Waals surface area (Å²) in [6.45, 7) is 4.88. The molecule has 0 saturated carbocycles.